The highest BCUT2D eigenvalue weighted by Gasteiger charge is 2.14. The second-order valence-electron chi connectivity index (χ2n) is 3.25. The van der Waals surface area contributed by atoms with Gasteiger partial charge in [0.05, 0.1) is 9.75 Å². The predicted molar refractivity (Wildman–Crippen MR) is 69.2 cm³/mol. The third-order valence-electron chi connectivity index (χ3n) is 2.05. The van der Waals surface area contributed by atoms with E-state index in [2.05, 4.69) is 15.9 Å². The molecule has 0 spiro atoms. The average molecular weight is 301 g/mol. The van der Waals surface area contributed by atoms with E-state index in [0.717, 1.165) is 19.1 Å². The van der Waals surface area contributed by atoms with Gasteiger partial charge in [-0.05, 0) is 48.0 Å². The largest absolute Gasteiger partial charge is 0.287 e. The van der Waals surface area contributed by atoms with Gasteiger partial charge in [0.2, 0.25) is 5.78 Å². The summed E-state index contributed by atoms with van der Waals surface area (Å²) in [6, 6.07) is 5.77. The van der Waals surface area contributed by atoms with Crippen LogP contribution in [0.4, 0.5) is 0 Å². The second-order valence-corrected chi connectivity index (χ2v) is 6.65. The molecule has 0 aliphatic heterocycles. The van der Waals surface area contributed by atoms with Crippen molar-refractivity contribution in [3.8, 4) is 0 Å². The number of aryl methyl sites for hydroxylation is 2. The number of hydrogen-bond acceptors (Lipinski definition) is 3. The van der Waals surface area contributed by atoms with Crippen LogP contribution in [-0.2, 0) is 0 Å². The summed E-state index contributed by atoms with van der Waals surface area (Å²) in [5, 5.41) is 0. The van der Waals surface area contributed by atoms with Gasteiger partial charge in [-0.25, -0.2) is 0 Å². The number of carbonyl (C=O) groups excluding carboxylic acids is 1. The Morgan fingerprint density at radius 3 is 2.40 bits per heavy atom. The summed E-state index contributed by atoms with van der Waals surface area (Å²) in [6.07, 6.45) is 0. The molecule has 0 unspecified atom stereocenters. The molecule has 1 nitrogen and oxygen atoms in total. The van der Waals surface area contributed by atoms with Crippen LogP contribution in [0.15, 0.2) is 22.7 Å². The second kappa shape index (κ2) is 4.20. The van der Waals surface area contributed by atoms with Crippen LogP contribution in [0.1, 0.15) is 24.3 Å². The first kappa shape index (κ1) is 11.0. The minimum absolute atomic E-state index is 0.131. The number of thiophene rings is 2. The van der Waals surface area contributed by atoms with E-state index in [1.165, 1.54) is 16.2 Å². The molecule has 0 saturated carbocycles. The highest BCUT2D eigenvalue weighted by atomic mass is 79.9. The van der Waals surface area contributed by atoms with Crippen molar-refractivity contribution in [1.82, 2.24) is 0 Å². The van der Waals surface area contributed by atoms with Gasteiger partial charge >= 0.3 is 0 Å². The van der Waals surface area contributed by atoms with E-state index >= 15 is 0 Å². The minimum atomic E-state index is 0.131. The topological polar surface area (TPSA) is 17.1 Å². The molecule has 0 saturated heterocycles. The van der Waals surface area contributed by atoms with E-state index in [1.54, 1.807) is 11.3 Å². The summed E-state index contributed by atoms with van der Waals surface area (Å²) in [7, 11) is 0. The lowest BCUT2D eigenvalue weighted by molar-refractivity contribution is 0.104. The van der Waals surface area contributed by atoms with E-state index in [4.69, 9.17) is 0 Å². The summed E-state index contributed by atoms with van der Waals surface area (Å²) in [5.74, 6) is 0.131. The first-order chi connectivity index (χ1) is 7.08. The fourth-order valence-corrected chi connectivity index (χ4v) is 3.63. The van der Waals surface area contributed by atoms with Crippen molar-refractivity contribution >= 4 is 44.4 Å². The Kier molecular flexibility index (Phi) is 3.09. The number of hydrogen-bond donors (Lipinski definition) is 0. The minimum Gasteiger partial charge on any atom is -0.287 e. The zero-order valence-corrected chi connectivity index (χ0v) is 11.6. The van der Waals surface area contributed by atoms with Crippen LogP contribution >= 0.6 is 38.6 Å². The molecule has 4 heteroatoms. The SMILES string of the molecule is Cc1ccc(C(=O)c2cc(Br)c(C)s2)s1. The van der Waals surface area contributed by atoms with E-state index in [1.807, 2.05) is 32.0 Å². The van der Waals surface area contributed by atoms with Crippen molar-refractivity contribution in [2.75, 3.05) is 0 Å². The molecule has 0 aliphatic carbocycles. The summed E-state index contributed by atoms with van der Waals surface area (Å²) >= 11 is 6.51. The van der Waals surface area contributed by atoms with Crippen LogP contribution in [0.25, 0.3) is 0 Å². The van der Waals surface area contributed by atoms with Gasteiger partial charge in [0.15, 0.2) is 0 Å². The Labute approximate surface area is 105 Å². The highest BCUT2D eigenvalue weighted by Crippen LogP contribution is 2.29. The van der Waals surface area contributed by atoms with E-state index in [0.29, 0.717) is 0 Å². The van der Waals surface area contributed by atoms with Crippen LogP contribution in [-0.4, -0.2) is 5.78 Å². The summed E-state index contributed by atoms with van der Waals surface area (Å²) in [5.41, 5.74) is 0. The van der Waals surface area contributed by atoms with Gasteiger partial charge in [0.25, 0.3) is 0 Å². The maximum Gasteiger partial charge on any atom is 0.212 e. The first-order valence-corrected chi connectivity index (χ1v) is 6.87. The molecule has 78 valence electrons. The van der Waals surface area contributed by atoms with Crippen molar-refractivity contribution < 1.29 is 4.79 Å². The Morgan fingerprint density at radius 2 is 1.93 bits per heavy atom. The van der Waals surface area contributed by atoms with E-state index in [9.17, 15) is 4.79 Å². The van der Waals surface area contributed by atoms with Gasteiger partial charge in [-0.15, -0.1) is 22.7 Å². The van der Waals surface area contributed by atoms with Gasteiger partial charge in [-0.1, -0.05) is 0 Å². The number of halogens is 1. The number of rotatable bonds is 2. The number of ketones is 1. The van der Waals surface area contributed by atoms with Crippen LogP contribution in [0.5, 0.6) is 0 Å². The summed E-state index contributed by atoms with van der Waals surface area (Å²) in [6.45, 7) is 4.02. The molecule has 2 aromatic rings. The molecule has 0 atom stereocenters. The third-order valence-corrected chi connectivity index (χ3v) is 5.18. The molecule has 2 aromatic heterocycles. The van der Waals surface area contributed by atoms with Crippen molar-refractivity contribution in [2.24, 2.45) is 0 Å². The van der Waals surface area contributed by atoms with Crippen molar-refractivity contribution in [3.05, 3.63) is 42.2 Å². The standard InChI is InChI=1S/C11H9BrOS2/c1-6-3-4-9(14-6)11(13)10-5-8(12)7(2)15-10/h3-5H,1-2H3. The van der Waals surface area contributed by atoms with Crippen LogP contribution in [0.2, 0.25) is 0 Å². The van der Waals surface area contributed by atoms with Gasteiger partial charge in [-0.3, -0.25) is 4.79 Å². The first-order valence-electron chi connectivity index (χ1n) is 4.45. The molecule has 0 amide bonds. The van der Waals surface area contributed by atoms with Crippen molar-refractivity contribution in [2.45, 2.75) is 13.8 Å². The molecule has 0 N–H and O–H groups in total. The molecule has 0 radical (unpaired) electrons. The quantitative estimate of drug-likeness (QED) is 0.750. The molecular formula is C11H9BrOS2. The van der Waals surface area contributed by atoms with E-state index < -0.39 is 0 Å². The molecular weight excluding hydrogens is 292 g/mol. The predicted octanol–water partition coefficient (Wildman–Crippen LogP) is 4.42. The highest BCUT2D eigenvalue weighted by molar-refractivity contribution is 9.10. The maximum absolute atomic E-state index is 12.0. The zero-order chi connectivity index (χ0) is 11.0. The molecule has 15 heavy (non-hydrogen) atoms. The summed E-state index contributed by atoms with van der Waals surface area (Å²) < 4.78 is 1.02. The molecule has 0 fully saturated rings. The van der Waals surface area contributed by atoms with Gasteiger partial charge in [0.1, 0.15) is 0 Å². The lowest BCUT2D eigenvalue weighted by Crippen LogP contribution is -1.93. The van der Waals surface area contributed by atoms with Crippen LogP contribution in [0, 0.1) is 13.8 Å². The average Bonchev–Trinajstić information content (AvgIpc) is 2.74. The normalized spacial score (nSPS) is 10.6. The Bertz CT molecular complexity index is 491. The van der Waals surface area contributed by atoms with Crippen molar-refractivity contribution in [1.29, 1.82) is 0 Å². The number of carbonyl (C=O) groups is 1. The van der Waals surface area contributed by atoms with E-state index in [-0.39, 0.29) is 5.78 Å². The molecule has 2 rings (SSSR count). The fraction of sp³-hybridized carbons (Fsp3) is 0.182. The van der Waals surface area contributed by atoms with Crippen molar-refractivity contribution in [3.63, 3.8) is 0 Å². The van der Waals surface area contributed by atoms with Gasteiger partial charge in [-0.2, -0.15) is 0 Å². The Hall–Kier alpha value is -0.450. The fourth-order valence-electron chi connectivity index (χ4n) is 1.25. The Morgan fingerprint density at radius 1 is 1.20 bits per heavy atom. The monoisotopic (exact) mass is 300 g/mol. The molecule has 2 heterocycles. The van der Waals surface area contributed by atoms with Crippen LogP contribution < -0.4 is 0 Å². The molecule has 0 bridgehead atoms. The maximum atomic E-state index is 12.0. The van der Waals surface area contributed by atoms with Gasteiger partial charge in [0, 0.05) is 14.2 Å². The smallest absolute Gasteiger partial charge is 0.212 e. The summed E-state index contributed by atoms with van der Waals surface area (Å²) in [4.78, 5) is 16.0. The third kappa shape index (κ3) is 2.22. The lowest BCUT2D eigenvalue weighted by atomic mass is 10.2. The molecule has 0 aromatic carbocycles. The lowest BCUT2D eigenvalue weighted by Gasteiger charge is -1.91. The van der Waals surface area contributed by atoms with Gasteiger partial charge < -0.3 is 0 Å². The zero-order valence-electron chi connectivity index (χ0n) is 8.33. The Balaban J connectivity index is 2.36. The van der Waals surface area contributed by atoms with Crippen LogP contribution in [0.3, 0.4) is 0 Å². The molecule has 0 aliphatic rings.